The summed E-state index contributed by atoms with van der Waals surface area (Å²) in [5, 5.41) is 4.09. The zero-order valence-electron chi connectivity index (χ0n) is 6.07. The van der Waals surface area contributed by atoms with Crippen LogP contribution in [0.1, 0.15) is 19.9 Å². The summed E-state index contributed by atoms with van der Waals surface area (Å²) < 4.78 is 1.96. The van der Waals surface area contributed by atoms with Gasteiger partial charge >= 0.3 is 0 Å². The first-order chi connectivity index (χ1) is 4.22. The van der Waals surface area contributed by atoms with Crippen molar-refractivity contribution in [2.45, 2.75) is 19.9 Å². The molecule has 0 N–H and O–H groups in total. The number of nitrogens with zero attached hydrogens (tertiary/aromatic N) is 3. The summed E-state index contributed by atoms with van der Waals surface area (Å²) in [6, 6.07) is 0.449. The van der Waals surface area contributed by atoms with E-state index in [1.165, 1.54) is 0 Å². The van der Waals surface area contributed by atoms with Gasteiger partial charge in [0.1, 0.15) is 13.1 Å². The third kappa shape index (κ3) is 1.09. The summed E-state index contributed by atoms with van der Waals surface area (Å²) in [6.07, 6.45) is 3.72. The maximum absolute atomic E-state index is 4.09. The van der Waals surface area contributed by atoms with E-state index in [4.69, 9.17) is 0 Å². The van der Waals surface area contributed by atoms with Crippen LogP contribution in [0, 0.1) is 0 Å². The molecular weight excluding hydrogens is 114 g/mol. The van der Waals surface area contributed by atoms with Gasteiger partial charge in [-0.15, -0.1) is 0 Å². The highest BCUT2D eigenvalue weighted by molar-refractivity contribution is 4.53. The van der Waals surface area contributed by atoms with E-state index in [0.29, 0.717) is 6.04 Å². The molecule has 0 radical (unpaired) electrons. The summed E-state index contributed by atoms with van der Waals surface area (Å²) in [6.45, 7) is 4.21. The molecule has 1 aromatic heterocycles. The third-order valence-corrected chi connectivity index (χ3v) is 1.25. The van der Waals surface area contributed by atoms with Crippen LogP contribution in [0.5, 0.6) is 0 Å². The van der Waals surface area contributed by atoms with Crippen LogP contribution in [0.4, 0.5) is 0 Å². The van der Waals surface area contributed by atoms with Crippen molar-refractivity contribution in [1.82, 2.24) is 9.90 Å². The van der Waals surface area contributed by atoms with Gasteiger partial charge in [-0.25, -0.2) is 0 Å². The summed E-state index contributed by atoms with van der Waals surface area (Å²) in [7, 11) is 1.98. The normalized spacial score (nSPS) is 10.7. The van der Waals surface area contributed by atoms with Gasteiger partial charge in [-0.1, -0.05) is 0 Å². The molecule has 0 aliphatic rings. The second kappa shape index (κ2) is 2.17. The summed E-state index contributed by atoms with van der Waals surface area (Å²) in [5.41, 5.74) is 0. The predicted molar refractivity (Wildman–Crippen MR) is 33.8 cm³/mol. The van der Waals surface area contributed by atoms with Crippen molar-refractivity contribution >= 4 is 0 Å². The van der Waals surface area contributed by atoms with E-state index >= 15 is 0 Å². The molecule has 0 unspecified atom stereocenters. The van der Waals surface area contributed by atoms with Crippen molar-refractivity contribution in [2.24, 2.45) is 7.05 Å². The molecular formula is C6H12N3+. The standard InChI is InChI=1S/C6H12N3/c1-6(2)9-7-4-5-8(9)3/h4-6H,1-3H3/q+1. The predicted octanol–water partition coefficient (Wildman–Crippen LogP) is 0.288. The fourth-order valence-electron chi connectivity index (χ4n) is 0.842. The minimum atomic E-state index is 0.449. The van der Waals surface area contributed by atoms with E-state index < -0.39 is 0 Å². The van der Waals surface area contributed by atoms with Gasteiger partial charge < -0.3 is 0 Å². The first-order valence-corrected chi connectivity index (χ1v) is 3.11. The quantitative estimate of drug-likeness (QED) is 0.496. The first-order valence-electron chi connectivity index (χ1n) is 3.11. The Balaban J connectivity index is 2.94. The lowest BCUT2D eigenvalue weighted by molar-refractivity contribution is -0.760. The molecule has 3 nitrogen and oxygen atoms in total. The molecule has 0 aliphatic heterocycles. The van der Waals surface area contributed by atoms with E-state index in [1.54, 1.807) is 6.20 Å². The second-order valence-electron chi connectivity index (χ2n) is 2.40. The molecule has 0 fully saturated rings. The fraction of sp³-hybridized carbons (Fsp3) is 0.667. The summed E-state index contributed by atoms with van der Waals surface area (Å²) in [5.74, 6) is 0. The lowest BCUT2D eigenvalue weighted by atomic mass is 10.4. The van der Waals surface area contributed by atoms with Crippen LogP contribution >= 0.6 is 0 Å². The zero-order chi connectivity index (χ0) is 6.85. The largest absolute Gasteiger partial charge is 0.206 e. The maximum Gasteiger partial charge on any atom is 0.206 e. The Morgan fingerprint density at radius 3 is 2.44 bits per heavy atom. The number of rotatable bonds is 1. The minimum absolute atomic E-state index is 0.449. The molecule has 50 valence electrons. The highest BCUT2D eigenvalue weighted by Crippen LogP contribution is 1.93. The molecule has 1 aromatic rings. The van der Waals surface area contributed by atoms with Crippen molar-refractivity contribution in [2.75, 3.05) is 0 Å². The van der Waals surface area contributed by atoms with E-state index in [1.807, 2.05) is 22.7 Å². The van der Waals surface area contributed by atoms with Gasteiger partial charge in [0.15, 0.2) is 6.20 Å². The molecule has 0 aromatic carbocycles. The molecule has 0 saturated heterocycles. The van der Waals surface area contributed by atoms with Crippen LogP contribution in [-0.2, 0) is 7.05 Å². The van der Waals surface area contributed by atoms with Crippen molar-refractivity contribution in [3.8, 4) is 0 Å². The van der Waals surface area contributed by atoms with E-state index in [9.17, 15) is 0 Å². The Hall–Kier alpha value is -0.860. The number of hydrogen-bond donors (Lipinski definition) is 0. The number of aromatic nitrogens is 3. The highest BCUT2D eigenvalue weighted by Gasteiger charge is 2.06. The van der Waals surface area contributed by atoms with Gasteiger partial charge in [0.2, 0.25) is 6.20 Å². The average Bonchev–Trinajstić information content (AvgIpc) is 2.13. The third-order valence-electron chi connectivity index (χ3n) is 1.25. The Morgan fingerprint density at radius 2 is 2.22 bits per heavy atom. The van der Waals surface area contributed by atoms with E-state index in [-0.39, 0.29) is 0 Å². The molecule has 0 saturated carbocycles. The maximum atomic E-state index is 4.09. The molecule has 0 spiro atoms. The van der Waals surface area contributed by atoms with Crippen LogP contribution in [0.25, 0.3) is 0 Å². The van der Waals surface area contributed by atoms with Crippen molar-refractivity contribution < 1.29 is 4.68 Å². The molecule has 0 aliphatic carbocycles. The Labute approximate surface area is 54.9 Å². The zero-order valence-corrected chi connectivity index (χ0v) is 6.07. The smallest absolute Gasteiger partial charge is 0.164 e. The lowest BCUT2D eigenvalue weighted by Gasteiger charge is -1.98. The molecule has 0 bridgehead atoms. The molecule has 1 rings (SSSR count). The van der Waals surface area contributed by atoms with Crippen molar-refractivity contribution in [1.29, 1.82) is 0 Å². The van der Waals surface area contributed by atoms with Gasteiger partial charge in [-0.05, 0) is 18.6 Å². The average molecular weight is 126 g/mol. The molecule has 3 heteroatoms. The van der Waals surface area contributed by atoms with Gasteiger partial charge in [-0.3, -0.25) is 0 Å². The number of aryl methyl sites for hydroxylation is 1. The molecule has 9 heavy (non-hydrogen) atoms. The van der Waals surface area contributed by atoms with Gasteiger partial charge in [0.25, 0.3) is 0 Å². The topological polar surface area (TPSA) is 21.7 Å². The highest BCUT2D eigenvalue weighted by atomic mass is 15.5. The van der Waals surface area contributed by atoms with Gasteiger partial charge in [0, 0.05) is 5.10 Å². The van der Waals surface area contributed by atoms with Crippen molar-refractivity contribution in [3.05, 3.63) is 12.4 Å². The lowest BCUT2D eigenvalue weighted by Crippen LogP contribution is -2.39. The Kier molecular flexibility index (Phi) is 1.51. The van der Waals surface area contributed by atoms with Gasteiger partial charge in [0.05, 0.1) is 0 Å². The first kappa shape index (κ1) is 6.26. The van der Waals surface area contributed by atoms with Gasteiger partial charge in [-0.2, -0.15) is 4.68 Å². The van der Waals surface area contributed by atoms with E-state index in [0.717, 1.165) is 0 Å². The SMILES string of the molecule is CC(C)n1ncc[n+]1C. The second-order valence-corrected chi connectivity index (χ2v) is 2.40. The minimum Gasteiger partial charge on any atom is -0.164 e. The fourth-order valence-corrected chi connectivity index (χ4v) is 0.842. The van der Waals surface area contributed by atoms with Crippen LogP contribution in [-0.4, -0.2) is 9.90 Å². The molecule has 1 heterocycles. The number of hydrogen-bond acceptors (Lipinski definition) is 1. The van der Waals surface area contributed by atoms with Crippen LogP contribution in [0.2, 0.25) is 0 Å². The monoisotopic (exact) mass is 126 g/mol. The Morgan fingerprint density at radius 1 is 1.56 bits per heavy atom. The van der Waals surface area contributed by atoms with Crippen LogP contribution < -0.4 is 4.68 Å². The summed E-state index contributed by atoms with van der Waals surface area (Å²) >= 11 is 0. The van der Waals surface area contributed by atoms with Crippen LogP contribution in [0.3, 0.4) is 0 Å². The van der Waals surface area contributed by atoms with Crippen LogP contribution in [0.15, 0.2) is 12.4 Å². The molecule has 0 atom stereocenters. The van der Waals surface area contributed by atoms with Crippen molar-refractivity contribution in [3.63, 3.8) is 0 Å². The Bertz CT molecular complexity index is 190. The van der Waals surface area contributed by atoms with E-state index in [2.05, 4.69) is 18.9 Å². The molecule has 0 amide bonds. The summed E-state index contributed by atoms with van der Waals surface area (Å²) in [4.78, 5) is 1.92.